The number of amides is 4. The van der Waals surface area contributed by atoms with E-state index >= 15 is 0 Å². The van der Waals surface area contributed by atoms with E-state index in [4.69, 9.17) is 9.47 Å². The second kappa shape index (κ2) is 13.6. The number of hydrogen-bond acceptors (Lipinski definition) is 10. The number of aryl methyl sites for hydroxylation is 1. The molecule has 6 rings (SSSR count). The summed E-state index contributed by atoms with van der Waals surface area (Å²) < 4.78 is 39.0. The van der Waals surface area contributed by atoms with Crippen molar-refractivity contribution in [1.82, 2.24) is 30.2 Å². The fraction of sp³-hybridized carbons (Fsp3) is 0.600. The average Bonchev–Trinajstić information content (AvgIpc) is 3.95. The van der Waals surface area contributed by atoms with Crippen molar-refractivity contribution in [1.29, 1.82) is 0 Å². The van der Waals surface area contributed by atoms with E-state index in [-0.39, 0.29) is 31.2 Å². The van der Waals surface area contributed by atoms with E-state index in [1.54, 1.807) is 39.0 Å². The number of nitrogens with zero attached hydrogens (tertiary/aromatic N) is 3. The average molecular weight is 727 g/mol. The summed E-state index contributed by atoms with van der Waals surface area (Å²) in [4.78, 5) is 64.9. The third-order valence-corrected chi connectivity index (χ3v) is 13.0. The maximum atomic E-state index is 14.3. The third-order valence-electron chi connectivity index (χ3n) is 10.8. The van der Waals surface area contributed by atoms with Crippen LogP contribution in [0.25, 0.3) is 11.0 Å². The van der Waals surface area contributed by atoms with Gasteiger partial charge in [-0.2, -0.15) is 0 Å². The molecule has 16 heteroatoms. The highest BCUT2D eigenvalue weighted by atomic mass is 32.2. The zero-order chi connectivity index (χ0) is 36.9. The van der Waals surface area contributed by atoms with E-state index in [9.17, 15) is 32.7 Å². The lowest BCUT2D eigenvalue weighted by Crippen LogP contribution is -2.59. The van der Waals surface area contributed by atoms with E-state index in [0.29, 0.717) is 48.2 Å². The molecule has 2 aliphatic heterocycles. The number of ether oxygens (including phenoxy) is 2. The van der Waals surface area contributed by atoms with Gasteiger partial charge in [-0.15, -0.1) is 0 Å². The number of benzene rings is 1. The van der Waals surface area contributed by atoms with Crippen LogP contribution in [0, 0.1) is 24.7 Å². The number of sulfonamides is 1. The SMILES string of the molecule is COc1ccc2nc(C)c(O[C@@H]3C[C@H]4C(=O)N[C@]5(C(=O)NS(=O)(=O)C6(C)CC6)C[C@H]5/C=C\CC[C@H](C)C[C@@H](C)[C@H](NC(=O)O)C(=O)N4C3)nc2c1. The fourth-order valence-corrected chi connectivity index (χ4v) is 8.54. The Labute approximate surface area is 297 Å². The molecule has 2 saturated carbocycles. The Balaban J connectivity index is 1.33. The van der Waals surface area contributed by atoms with Gasteiger partial charge in [0.2, 0.25) is 27.7 Å². The highest BCUT2D eigenvalue weighted by Gasteiger charge is 2.63. The summed E-state index contributed by atoms with van der Waals surface area (Å²) in [6.07, 6.45) is 4.59. The number of aromatic nitrogens is 2. The van der Waals surface area contributed by atoms with Crippen LogP contribution in [0.1, 0.15) is 71.4 Å². The molecule has 276 valence electrons. The normalized spacial score (nSPS) is 31.2. The van der Waals surface area contributed by atoms with Gasteiger partial charge in [0.05, 0.1) is 29.4 Å². The van der Waals surface area contributed by atoms with E-state index in [2.05, 4.69) is 25.3 Å². The van der Waals surface area contributed by atoms with Crippen molar-refractivity contribution in [2.75, 3.05) is 13.7 Å². The van der Waals surface area contributed by atoms with Gasteiger partial charge in [-0.1, -0.05) is 26.0 Å². The number of carbonyl (C=O) groups is 4. The Hall–Kier alpha value is -4.47. The molecule has 4 amide bonds. The quantitative estimate of drug-likeness (QED) is 0.305. The molecule has 1 saturated heterocycles. The third kappa shape index (κ3) is 7.32. The van der Waals surface area contributed by atoms with Crippen LogP contribution in [0.2, 0.25) is 0 Å². The van der Waals surface area contributed by atoms with Crippen molar-refractivity contribution in [3.63, 3.8) is 0 Å². The standard InChI is InChI=1S/C35H46N6O9S/c1-19-8-6-7-9-22-17-35(22,32(44)40-51(47,48)34(4)12-13-34)39-29(42)27-16-24(18-41(27)31(43)28(20(2)14-19)38-33(45)46)50-30-21(3)36-25-11-10-23(49-5)15-26(25)37-30/h7,9-11,15,19-20,22,24,27-28,38H,6,8,12-14,16-18H2,1-5H3,(H,39,42)(H,40,44)(H,45,46)/b9-7-/t19-,20+,22+,24+,27-,28-,35+/m0/s1. The van der Waals surface area contributed by atoms with Gasteiger partial charge >= 0.3 is 6.09 Å². The van der Waals surface area contributed by atoms with Gasteiger partial charge in [-0.3, -0.25) is 19.1 Å². The Morgan fingerprint density at radius 1 is 1.12 bits per heavy atom. The molecular weight excluding hydrogens is 680 g/mol. The first-order valence-electron chi connectivity index (χ1n) is 17.4. The van der Waals surface area contributed by atoms with Crippen LogP contribution in [-0.4, -0.2) is 94.3 Å². The van der Waals surface area contributed by atoms with E-state index < -0.39 is 74.1 Å². The van der Waals surface area contributed by atoms with Gasteiger partial charge in [0.15, 0.2) is 0 Å². The van der Waals surface area contributed by atoms with Crippen LogP contribution in [0.4, 0.5) is 4.79 Å². The van der Waals surface area contributed by atoms with Crippen molar-refractivity contribution in [2.24, 2.45) is 17.8 Å². The lowest BCUT2D eigenvalue weighted by Gasteiger charge is -2.32. The molecular formula is C35H46N6O9S. The number of nitrogens with one attached hydrogen (secondary N) is 3. The maximum absolute atomic E-state index is 14.3. The number of carboxylic acid groups (broad SMARTS) is 1. The summed E-state index contributed by atoms with van der Waals surface area (Å²) in [7, 11) is -2.46. The molecule has 2 aromatic rings. The summed E-state index contributed by atoms with van der Waals surface area (Å²) in [5.74, 6) is -2.08. The Morgan fingerprint density at radius 3 is 2.55 bits per heavy atom. The monoisotopic (exact) mass is 726 g/mol. The van der Waals surface area contributed by atoms with Crippen LogP contribution >= 0.6 is 0 Å². The minimum atomic E-state index is -4.00. The lowest BCUT2D eigenvalue weighted by atomic mass is 9.88. The second-order valence-electron chi connectivity index (χ2n) is 14.9. The van der Waals surface area contributed by atoms with Gasteiger partial charge in [0, 0.05) is 18.4 Å². The molecule has 4 aliphatic rings. The smallest absolute Gasteiger partial charge is 0.405 e. The van der Waals surface area contributed by atoms with Gasteiger partial charge in [-0.25, -0.2) is 23.2 Å². The molecule has 1 aromatic carbocycles. The van der Waals surface area contributed by atoms with Gasteiger partial charge in [0.1, 0.15) is 35.2 Å². The summed E-state index contributed by atoms with van der Waals surface area (Å²) in [6.45, 7) is 7.05. The Morgan fingerprint density at radius 2 is 1.86 bits per heavy atom. The van der Waals surface area contributed by atoms with Crippen LogP contribution in [-0.2, 0) is 24.4 Å². The van der Waals surface area contributed by atoms with Crippen LogP contribution < -0.4 is 24.8 Å². The highest BCUT2D eigenvalue weighted by Crippen LogP contribution is 2.47. The van der Waals surface area contributed by atoms with Crippen molar-refractivity contribution < 1.29 is 42.2 Å². The van der Waals surface area contributed by atoms with Gasteiger partial charge in [0.25, 0.3) is 5.91 Å². The van der Waals surface area contributed by atoms with Crippen molar-refractivity contribution >= 4 is 44.9 Å². The number of methoxy groups -OCH3 is 1. The van der Waals surface area contributed by atoms with E-state index in [0.717, 1.165) is 6.42 Å². The summed E-state index contributed by atoms with van der Waals surface area (Å²) in [5.41, 5.74) is 0.0711. The minimum absolute atomic E-state index is 0.00596. The molecule has 1 aromatic heterocycles. The molecule has 4 N–H and O–H groups in total. The molecule has 0 unspecified atom stereocenters. The first-order valence-corrected chi connectivity index (χ1v) is 18.9. The zero-order valence-corrected chi connectivity index (χ0v) is 30.3. The first kappa shape index (κ1) is 36.3. The van der Waals surface area contributed by atoms with Crippen LogP contribution in [0.5, 0.6) is 11.6 Å². The van der Waals surface area contributed by atoms with E-state index in [1.807, 2.05) is 19.1 Å². The van der Waals surface area contributed by atoms with Crippen LogP contribution in [0.15, 0.2) is 30.4 Å². The molecule has 3 heterocycles. The summed E-state index contributed by atoms with van der Waals surface area (Å²) >= 11 is 0. The maximum Gasteiger partial charge on any atom is 0.405 e. The molecule has 0 bridgehead atoms. The largest absolute Gasteiger partial charge is 0.497 e. The predicted molar refractivity (Wildman–Crippen MR) is 185 cm³/mol. The minimum Gasteiger partial charge on any atom is -0.497 e. The molecule has 15 nitrogen and oxygen atoms in total. The second-order valence-corrected chi connectivity index (χ2v) is 17.1. The topological polar surface area (TPSA) is 206 Å². The van der Waals surface area contributed by atoms with E-state index in [1.165, 1.54) is 12.0 Å². The number of allylic oxidation sites excluding steroid dienone is 1. The molecule has 0 spiro atoms. The molecule has 0 radical (unpaired) electrons. The molecule has 2 aliphatic carbocycles. The van der Waals surface area contributed by atoms with Crippen molar-refractivity contribution in [3.05, 3.63) is 36.0 Å². The summed E-state index contributed by atoms with van der Waals surface area (Å²) in [5, 5.41) is 15.0. The number of fused-ring (bicyclic) bond motifs is 3. The summed E-state index contributed by atoms with van der Waals surface area (Å²) in [6, 6.07) is 2.92. The number of rotatable bonds is 7. The predicted octanol–water partition coefficient (Wildman–Crippen LogP) is 2.82. The molecule has 3 fully saturated rings. The fourth-order valence-electron chi connectivity index (χ4n) is 7.23. The highest BCUT2D eigenvalue weighted by molar-refractivity contribution is 7.91. The van der Waals surface area contributed by atoms with Crippen LogP contribution in [0.3, 0.4) is 0 Å². The van der Waals surface area contributed by atoms with Crippen molar-refractivity contribution in [2.45, 2.75) is 101 Å². The Bertz CT molecular complexity index is 1880. The van der Waals surface area contributed by atoms with Crippen molar-refractivity contribution in [3.8, 4) is 11.6 Å². The van der Waals surface area contributed by atoms with Gasteiger partial charge < -0.3 is 30.1 Å². The molecule has 7 atom stereocenters. The lowest BCUT2D eigenvalue weighted by molar-refractivity contribution is -0.142. The zero-order valence-electron chi connectivity index (χ0n) is 29.5. The van der Waals surface area contributed by atoms with Gasteiger partial charge in [-0.05, 0) is 76.3 Å². The molecule has 51 heavy (non-hydrogen) atoms. The first-order chi connectivity index (χ1) is 24.1. The number of carbonyl (C=O) groups excluding carboxylic acids is 3. The Kier molecular flexibility index (Phi) is 9.67. The number of hydrogen-bond donors (Lipinski definition) is 4.